The summed E-state index contributed by atoms with van der Waals surface area (Å²) in [5, 5.41) is 2.56. The molecule has 2 atom stereocenters. The zero-order chi connectivity index (χ0) is 20.3. The summed E-state index contributed by atoms with van der Waals surface area (Å²) in [4.78, 5) is 42.8. The summed E-state index contributed by atoms with van der Waals surface area (Å²) in [6.07, 6.45) is 7.99. The molecule has 28 heavy (non-hydrogen) atoms. The van der Waals surface area contributed by atoms with E-state index in [0.29, 0.717) is 18.4 Å². The number of amides is 3. The van der Waals surface area contributed by atoms with Crippen molar-refractivity contribution in [2.45, 2.75) is 51.5 Å². The Morgan fingerprint density at radius 3 is 2.61 bits per heavy atom. The lowest BCUT2D eigenvalue weighted by molar-refractivity contribution is -0.147. The van der Waals surface area contributed by atoms with Gasteiger partial charge < -0.3 is 20.7 Å². The smallest absolute Gasteiger partial charge is 0.313 e. The molecule has 8 heteroatoms. The third-order valence-electron chi connectivity index (χ3n) is 5.83. The molecule has 1 aromatic rings. The minimum absolute atomic E-state index is 0. The molecule has 3 amide bonds. The molecule has 2 aliphatic rings. The number of anilines is 1. The lowest BCUT2D eigenvalue weighted by Crippen LogP contribution is -2.52. The van der Waals surface area contributed by atoms with Gasteiger partial charge in [0.15, 0.2) is 0 Å². The van der Waals surface area contributed by atoms with Crippen LogP contribution in [0.1, 0.15) is 57.2 Å². The average molecular weight is 390 g/mol. The van der Waals surface area contributed by atoms with Gasteiger partial charge in [-0.1, -0.05) is 19.8 Å². The van der Waals surface area contributed by atoms with Crippen molar-refractivity contribution in [3.05, 3.63) is 17.8 Å². The second kappa shape index (κ2) is 8.58. The first-order valence-corrected chi connectivity index (χ1v) is 9.86. The van der Waals surface area contributed by atoms with Crippen LogP contribution in [0.2, 0.25) is 0 Å². The lowest BCUT2D eigenvalue weighted by atomic mass is 9.85. The molecule has 154 valence electrons. The number of carbonyl (C=O) groups is 3. The van der Waals surface area contributed by atoms with Crippen molar-refractivity contribution < 1.29 is 20.5 Å². The van der Waals surface area contributed by atoms with Gasteiger partial charge in [0.1, 0.15) is 5.56 Å². The lowest BCUT2D eigenvalue weighted by Gasteiger charge is -2.41. The van der Waals surface area contributed by atoms with Gasteiger partial charge in [0, 0.05) is 14.0 Å². The molecule has 1 aliphatic heterocycles. The Balaban J connectivity index is 0.00000300. The van der Waals surface area contributed by atoms with Crippen LogP contribution in [-0.4, -0.2) is 47.3 Å². The van der Waals surface area contributed by atoms with Crippen LogP contribution < -0.4 is 15.8 Å². The Morgan fingerprint density at radius 1 is 1.25 bits per heavy atom. The van der Waals surface area contributed by atoms with Crippen LogP contribution in [0.25, 0.3) is 0 Å². The highest BCUT2D eigenvalue weighted by Gasteiger charge is 2.38. The van der Waals surface area contributed by atoms with Crippen molar-refractivity contribution in [2.24, 2.45) is 17.6 Å². The standard InChI is InChI=1S/C20H28N4O4.H2/c1-12-7-8-16(13-5-3-4-6-13)24(11-12)20(27)18(26)23-14-9-15(17(21)25)19(28-2)22-10-14;/h9-10,12-13,16H,3-8,11H2,1-2H3,(H2,21,25)(H,23,26);1H/t12-,16-;/m0./s1. The molecule has 3 rings (SSSR count). The quantitative estimate of drug-likeness (QED) is 0.765. The average Bonchev–Trinajstić information content (AvgIpc) is 3.21. The maximum absolute atomic E-state index is 12.9. The monoisotopic (exact) mass is 390 g/mol. The van der Waals surface area contributed by atoms with E-state index in [0.717, 1.165) is 25.7 Å². The van der Waals surface area contributed by atoms with Crippen LogP contribution in [0.15, 0.2) is 12.3 Å². The van der Waals surface area contributed by atoms with E-state index in [1.165, 1.54) is 32.2 Å². The third-order valence-corrected chi connectivity index (χ3v) is 5.83. The van der Waals surface area contributed by atoms with E-state index in [1.807, 2.05) is 0 Å². The number of aromatic nitrogens is 1. The van der Waals surface area contributed by atoms with Gasteiger partial charge in [0.25, 0.3) is 5.91 Å². The zero-order valence-electron chi connectivity index (χ0n) is 16.4. The molecular formula is C20H30N4O4. The minimum Gasteiger partial charge on any atom is -0.480 e. The normalized spacial score (nSPS) is 22.7. The summed E-state index contributed by atoms with van der Waals surface area (Å²) in [5.74, 6) is -1.05. The minimum atomic E-state index is -0.724. The predicted octanol–water partition coefficient (Wildman–Crippen LogP) is 2.19. The van der Waals surface area contributed by atoms with E-state index >= 15 is 0 Å². The molecule has 8 nitrogen and oxygen atoms in total. The molecule has 3 N–H and O–H groups in total. The number of likely N-dealkylation sites (tertiary alicyclic amines) is 1. The summed E-state index contributed by atoms with van der Waals surface area (Å²) in [7, 11) is 1.37. The van der Waals surface area contributed by atoms with Crippen LogP contribution in [0, 0.1) is 11.8 Å². The van der Waals surface area contributed by atoms with E-state index in [4.69, 9.17) is 10.5 Å². The zero-order valence-corrected chi connectivity index (χ0v) is 16.4. The Hall–Kier alpha value is -2.64. The van der Waals surface area contributed by atoms with Crippen molar-refractivity contribution in [3.63, 3.8) is 0 Å². The number of primary amides is 1. The molecule has 0 aromatic carbocycles. The second-order valence-corrected chi connectivity index (χ2v) is 7.85. The van der Waals surface area contributed by atoms with Gasteiger partial charge in [-0.15, -0.1) is 0 Å². The number of ether oxygens (including phenoxy) is 1. The number of hydrogen-bond donors (Lipinski definition) is 2. The first-order chi connectivity index (χ1) is 13.4. The summed E-state index contributed by atoms with van der Waals surface area (Å²) in [6.45, 7) is 2.70. The summed E-state index contributed by atoms with van der Waals surface area (Å²) < 4.78 is 4.99. The van der Waals surface area contributed by atoms with Crippen molar-refractivity contribution in [3.8, 4) is 5.88 Å². The van der Waals surface area contributed by atoms with Crippen LogP contribution in [-0.2, 0) is 9.59 Å². The number of nitrogens with two attached hydrogens (primary N) is 1. The van der Waals surface area contributed by atoms with Gasteiger partial charge in [-0.25, -0.2) is 4.98 Å². The van der Waals surface area contributed by atoms with Gasteiger partial charge >= 0.3 is 11.8 Å². The van der Waals surface area contributed by atoms with Crippen molar-refractivity contribution in [1.29, 1.82) is 0 Å². The summed E-state index contributed by atoms with van der Waals surface area (Å²) in [5.41, 5.74) is 5.60. The van der Waals surface area contributed by atoms with E-state index in [2.05, 4.69) is 17.2 Å². The first-order valence-electron chi connectivity index (χ1n) is 9.86. The number of methoxy groups -OCH3 is 1. The van der Waals surface area contributed by atoms with Crippen LogP contribution in [0.3, 0.4) is 0 Å². The van der Waals surface area contributed by atoms with E-state index in [1.54, 1.807) is 4.90 Å². The Morgan fingerprint density at radius 2 is 1.96 bits per heavy atom. The number of hydrogen-bond acceptors (Lipinski definition) is 5. The van der Waals surface area contributed by atoms with Crippen LogP contribution in [0.4, 0.5) is 5.69 Å². The number of nitrogens with one attached hydrogen (secondary N) is 1. The molecule has 0 bridgehead atoms. The van der Waals surface area contributed by atoms with Crippen molar-refractivity contribution >= 4 is 23.4 Å². The van der Waals surface area contributed by atoms with E-state index in [-0.39, 0.29) is 24.6 Å². The largest absolute Gasteiger partial charge is 0.480 e. The highest BCUT2D eigenvalue weighted by molar-refractivity contribution is 6.39. The van der Waals surface area contributed by atoms with E-state index < -0.39 is 17.7 Å². The number of rotatable bonds is 4. The molecule has 0 spiro atoms. The topological polar surface area (TPSA) is 115 Å². The SMILES string of the molecule is COc1ncc(NC(=O)C(=O)N2C[C@@H](C)CC[C@H]2C2CCCC2)cc1C(N)=O.[HH]. The fourth-order valence-electron chi connectivity index (χ4n) is 4.41. The van der Waals surface area contributed by atoms with Gasteiger partial charge in [-0.2, -0.15) is 0 Å². The molecule has 0 unspecified atom stereocenters. The summed E-state index contributed by atoms with van der Waals surface area (Å²) >= 11 is 0. The van der Waals surface area contributed by atoms with E-state index in [9.17, 15) is 14.4 Å². The van der Waals surface area contributed by atoms with Crippen molar-refractivity contribution in [1.82, 2.24) is 9.88 Å². The maximum Gasteiger partial charge on any atom is 0.313 e. The highest BCUT2D eigenvalue weighted by atomic mass is 16.5. The Kier molecular flexibility index (Phi) is 6.16. The maximum atomic E-state index is 12.9. The number of carbonyl (C=O) groups excluding carboxylic acids is 3. The Bertz CT molecular complexity index is 767. The Labute approximate surface area is 166 Å². The fraction of sp³-hybridized carbons (Fsp3) is 0.600. The van der Waals surface area contributed by atoms with Gasteiger partial charge in [-0.3, -0.25) is 14.4 Å². The molecule has 1 aliphatic carbocycles. The van der Waals surface area contributed by atoms with Crippen molar-refractivity contribution in [2.75, 3.05) is 19.0 Å². The second-order valence-electron chi connectivity index (χ2n) is 7.85. The highest BCUT2D eigenvalue weighted by Crippen LogP contribution is 2.36. The molecule has 2 fully saturated rings. The third kappa shape index (κ3) is 4.26. The molecule has 0 radical (unpaired) electrons. The van der Waals surface area contributed by atoms with Crippen LogP contribution in [0.5, 0.6) is 5.88 Å². The van der Waals surface area contributed by atoms with Crippen LogP contribution >= 0.6 is 0 Å². The number of piperidine rings is 1. The molecule has 1 saturated carbocycles. The fourth-order valence-corrected chi connectivity index (χ4v) is 4.41. The van der Waals surface area contributed by atoms with Gasteiger partial charge in [-0.05, 0) is 43.6 Å². The molecule has 2 heterocycles. The number of nitrogens with zero attached hydrogens (tertiary/aromatic N) is 2. The summed E-state index contributed by atoms with van der Waals surface area (Å²) in [6, 6.07) is 1.50. The first kappa shape index (κ1) is 20.1. The number of pyridine rings is 1. The molecular weight excluding hydrogens is 360 g/mol. The van der Waals surface area contributed by atoms with Gasteiger partial charge in [0.05, 0.1) is 19.0 Å². The molecule has 1 saturated heterocycles. The molecule has 1 aromatic heterocycles. The predicted molar refractivity (Wildman–Crippen MR) is 106 cm³/mol. The van der Waals surface area contributed by atoms with Gasteiger partial charge in [0.2, 0.25) is 5.88 Å².